The van der Waals surface area contributed by atoms with Crippen molar-refractivity contribution in [2.75, 3.05) is 0 Å². The molecule has 0 unspecified atom stereocenters. The van der Waals surface area contributed by atoms with E-state index in [-0.39, 0.29) is 26.2 Å². The zero-order valence-electron chi connectivity index (χ0n) is 2.65. The predicted molar refractivity (Wildman–Crippen MR) is 14.5 cm³/mol. The quantitative estimate of drug-likeness (QED) is 0.431. The molecule has 4 heavy (non-hydrogen) atoms. The molecule has 0 bridgehead atoms. The van der Waals surface area contributed by atoms with Crippen molar-refractivity contribution in [2.45, 2.75) is 6.92 Å². The number of hydrogen-bond acceptors (Lipinski definition) is 0. The molecule has 0 aliphatic rings. The van der Waals surface area contributed by atoms with Gasteiger partial charge in [0.05, 0.1) is 0 Å². The van der Waals surface area contributed by atoms with Crippen LogP contribution in [-0.2, 0) is 26.2 Å². The SMILES string of the molecule is [CH-]=CC.[Zr]. The molecule has 0 saturated heterocycles. The fraction of sp³-hybridized carbons (Fsp3) is 0.333. The molecule has 0 aliphatic heterocycles. The summed E-state index contributed by atoms with van der Waals surface area (Å²) in [6.07, 6.45) is 1.50. The second-order valence-electron chi connectivity index (χ2n) is 0.333. The van der Waals surface area contributed by atoms with E-state index in [2.05, 4.69) is 0 Å². The molecular weight excluding hydrogens is 127 g/mol. The van der Waals surface area contributed by atoms with Crippen LogP contribution in [0.5, 0.6) is 0 Å². The van der Waals surface area contributed by atoms with Crippen molar-refractivity contribution in [3.63, 3.8) is 0 Å². The van der Waals surface area contributed by atoms with Gasteiger partial charge in [-0.15, -0.1) is 0 Å². The van der Waals surface area contributed by atoms with Crippen LogP contribution < -0.4 is 0 Å². The molecular formula is C3H5Zr-. The van der Waals surface area contributed by atoms with Crippen molar-refractivity contribution in [1.82, 2.24) is 0 Å². The molecule has 1 heteroatoms. The summed E-state index contributed by atoms with van der Waals surface area (Å²) in [5.74, 6) is 0. The van der Waals surface area contributed by atoms with E-state index < -0.39 is 0 Å². The minimum Gasteiger partial charge on any atom is -0.518 e. The zero-order valence-corrected chi connectivity index (χ0v) is 5.11. The summed E-state index contributed by atoms with van der Waals surface area (Å²) in [4.78, 5) is 0. The minimum absolute atomic E-state index is 0. The Kier molecular flexibility index (Phi) is 20.9. The summed E-state index contributed by atoms with van der Waals surface area (Å²) >= 11 is 0. The van der Waals surface area contributed by atoms with Gasteiger partial charge in [-0.05, 0) is 0 Å². The van der Waals surface area contributed by atoms with E-state index in [9.17, 15) is 0 Å². The first-order chi connectivity index (χ1) is 1.41. The molecule has 0 heterocycles. The molecule has 0 atom stereocenters. The minimum atomic E-state index is 0. The first-order valence-electron chi connectivity index (χ1n) is 0.911. The monoisotopic (exact) mass is 131 g/mol. The van der Waals surface area contributed by atoms with Crippen LogP contribution >= 0.6 is 0 Å². The van der Waals surface area contributed by atoms with E-state index in [4.69, 9.17) is 6.58 Å². The van der Waals surface area contributed by atoms with Gasteiger partial charge in [-0.3, -0.25) is 6.08 Å². The number of hydrogen-bond donors (Lipinski definition) is 0. The molecule has 0 spiro atoms. The third kappa shape index (κ3) is 17.8. The van der Waals surface area contributed by atoms with E-state index in [0.717, 1.165) is 0 Å². The van der Waals surface area contributed by atoms with E-state index in [0.29, 0.717) is 0 Å². The topological polar surface area (TPSA) is 0 Å². The van der Waals surface area contributed by atoms with Gasteiger partial charge in [0.15, 0.2) is 0 Å². The van der Waals surface area contributed by atoms with E-state index in [1.807, 2.05) is 0 Å². The molecule has 0 rings (SSSR count). The van der Waals surface area contributed by atoms with Gasteiger partial charge < -0.3 is 6.58 Å². The number of allylic oxidation sites excluding steroid dienone is 1. The Hall–Kier alpha value is 0.623. The predicted octanol–water partition coefficient (Wildman–Crippen LogP) is 0.993. The summed E-state index contributed by atoms with van der Waals surface area (Å²) in [7, 11) is 0. The normalized spacial score (nSPS) is 3.25. The molecule has 0 aliphatic carbocycles. The molecule has 0 N–H and O–H groups in total. The van der Waals surface area contributed by atoms with Gasteiger partial charge in [0, 0.05) is 26.2 Å². The van der Waals surface area contributed by atoms with Crippen LogP contribution in [0, 0.1) is 6.58 Å². The Bertz CT molecular complexity index is 10.8. The summed E-state index contributed by atoms with van der Waals surface area (Å²) in [6.45, 7) is 6.50. The summed E-state index contributed by atoms with van der Waals surface area (Å²) < 4.78 is 0. The van der Waals surface area contributed by atoms with Gasteiger partial charge in [-0.2, -0.15) is 0 Å². The summed E-state index contributed by atoms with van der Waals surface area (Å²) in [5, 5.41) is 0. The van der Waals surface area contributed by atoms with Crippen LogP contribution in [-0.4, -0.2) is 0 Å². The van der Waals surface area contributed by atoms with Crippen molar-refractivity contribution >= 4 is 0 Å². The molecule has 0 amide bonds. The van der Waals surface area contributed by atoms with Crippen molar-refractivity contribution < 1.29 is 26.2 Å². The summed E-state index contributed by atoms with van der Waals surface area (Å²) in [6, 6.07) is 0. The van der Waals surface area contributed by atoms with Crippen LogP contribution in [0.4, 0.5) is 0 Å². The van der Waals surface area contributed by atoms with Gasteiger partial charge in [-0.25, -0.2) is 0 Å². The zero-order chi connectivity index (χ0) is 2.71. The Labute approximate surface area is 46.0 Å². The van der Waals surface area contributed by atoms with Crippen LogP contribution in [0.15, 0.2) is 6.08 Å². The standard InChI is InChI=1S/C3H5.Zr/c1-3-2;/h1,3H,2H3;/q-1;. The maximum absolute atomic E-state index is 4.72. The molecule has 0 saturated carbocycles. The second kappa shape index (κ2) is 9.46. The van der Waals surface area contributed by atoms with E-state index >= 15 is 0 Å². The van der Waals surface area contributed by atoms with E-state index in [1.54, 1.807) is 6.92 Å². The van der Waals surface area contributed by atoms with Crippen LogP contribution in [0.1, 0.15) is 6.92 Å². The van der Waals surface area contributed by atoms with Crippen LogP contribution in [0.25, 0.3) is 0 Å². The fourth-order valence-electron chi connectivity index (χ4n) is 0. The van der Waals surface area contributed by atoms with Gasteiger partial charge >= 0.3 is 0 Å². The molecule has 0 aromatic rings. The molecule has 0 radical (unpaired) electrons. The molecule has 0 nitrogen and oxygen atoms in total. The third-order valence-electron chi connectivity index (χ3n) is 0. The van der Waals surface area contributed by atoms with Gasteiger partial charge in [0.2, 0.25) is 0 Å². The average molecular weight is 132 g/mol. The Morgan fingerprint density at radius 3 is 1.75 bits per heavy atom. The average Bonchev–Trinajstić information content (AvgIpc) is 0.918. The van der Waals surface area contributed by atoms with Crippen molar-refractivity contribution in [1.29, 1.82) is 0 Å². The van der Waals surface area contributed by atoms with Crippen molar-refractivity contribution in [3.05, 3.63) is 12.7 Å². The first-order valence-corrected chi connectivity index (χ1v) is 0.911. The molecule has 0 aromatic carbocycles. The van der Waals surface area contributed by atoms with Gasteiger partial charge in [0.25, 0.3) is 0 Å². The molecule has 22 valence electrons. The largest absolute Gasteiger partial charge is 0.518 e. The van der Waals surface area contributed by atoms with E-state index in [1.165, 1.54) is 6.08 Å². The second-order valence-corrected chi connectivity index (χ2v) is 0.333. The van der Waals surface area contributed by atoms with Crippen molar-refractivity contribution in [3.8, 4) is 0 Å². The van der Waals surface area contributed by atoms with Crippen LogP contribution in [0.2, 0.25) is 0 Å². The Morgan fingerprint density at radius 1 is 1.75 bits per heavy atom. The third-order valence-corrected chi connectivity index (χ3v) is 0. The van der Waals surface area contributed by atoms with Gasteiger partial charge in [0.1, 0.15) is 0 Å². The maximum Gasteiger partial charge on any atom is 0 e. The van der Waals surface area contributed by atoms with Gasteiger partial charge in [-0.1, -0.05) is 6.92 Å². The molecule has 0 aromatic heterocycles. The smallest absolute Gasteiger partial charge is 0 e. The fourth-order valence-corrected chi connectivity index (χ4v) is 0. The first kappa shape index (κ1) is 8.82. The summed E-state index contributed by atoms with van der Waals surface area (Å²) in [5.41, 5.74) is 0. The molecule has 0 fully saturated rings. The van der Waals surface area contributed by atoms with Crippen LogP contribution in [0.3, 0.4) is 0 Å². The number of rotatable bonds is 0. The Morgan fingerprint density at radius 2 is 1.75 bits per heavy atom. The maximum atomic E-state index is 4.72. The Balaban J connectivity index is 0. The van der Waals surface area contributed by atoms with Crippen molar-refractivity contribution in [2.24, 2.45) is 0 Å².